The van der Waals surface area contributed by atoms with Crippen LogP contribution in [0, 0.1) is 0 Å². The maximum absolute atomic E-state index is 14.2. The van der Waals surface area contributed by atoms with Crippen LogP contribution in [0.25, 0.3) is 22.8 Å². The molecule has 3 aliphatic rings. The summed E-state index contributed by atoms with van der Waals surface area (Å²) in [5.41, 5.74) is 5.07. The summed E-state index contributed by atoms with van der Waals surface area (Å²) in [5.74, 6) is -1.85. The number of ether oxygens (including phenoxy) is 2. The summed E-state index contributed by atoms with van der Waals surface area (Å²) in [7, 11) is 0. The second-order valence-corrected chi connectivity index (χ2v) is 28.5. The zero-order valence-corrected chi connectivity index (χ0v) is 51.9. The minimum atomic E-state index is -2.05. The van der Waals surface area contributed by atoms with Gasteiger partial charge in [0.25, 0.3) is 0 Å². The van der Waals surface area contributed by atoms with Crippen molar-refractivity contribution in [2.45, 2.75) is 53.7 Å². The molecule has 0 saturated carbocycles. The molecule has 0 atom stereocenters. The first-order valence-electron chi connectivity index (χ1n) is 24.2. The minimum absolute atomic E-state index is 0.000338. The summed E-state index contributed by atoms with van der Waals surface area (Å²) in [5, 5.41) is 19.6. The maximum Gasteiger partial charge on any atom is 0.411 e. The molecule has 0 unspecified atom stereocenters. The summed E-state index contributed by atoms with van der Waals surface area (Å²) >= 11 is 72.4. The Morgan fingerprint density at radius 2 is 1.02 bits per heavy atom. The predicted octanol–water partition coefficient (Wildman–Crippen LogP) is 14.4. The fourth-order valence-corrected chi connectivity index (χ4v) is 10.4. The molecule has 2 aromatic heterocycles. The summed E-state index contributed by atoms with van der Waals surface area (Å²) in [6.07, 6.45) is 1.73. The number of para-hydroxylation sites is 2. The van der Waals surface area contributed by atoms with Gasteiger partial charge in [0.2, 0.25) is 20.9 Å². The van der Waals surface area contributed by atoms with Gasteiger partial charge in [0.05, 0.1) is 12.0 Å². The highest BCUT2D eigenvalue weighted by molar-refractivity contribution is 6.68. The number of amides is 2. The molecule has 0 fully saturated rings. The third kappa shape index (κ3) is 13.1. The molecule has 82 heavy (non-hydrogen) atoms. The summed E-state index contributed by atoms with van der Waals surface area (Å²) < 4.78 is 5.03. The van der Waals surface area contributed by atoms with Gasteiger partial charge in [-0.3, -0.25) is 15.4 Å². The first-order chi connectivity index (χ1) is 38.3. The zero-order chi connectivity index (χ0) is 59.5. The van der Waals surface area contributed by atoms with E-state index >= 15 is 0 Å². The van der Waals surface area contributed by atoms with E-state index in [1.807, 2.05) is 85.7 Å². The topological polar surface area (TPSA) is 200 Å². The number of halogens is 12. The van der Waals surface area contributed by atoms with Crippen molar-refractivity contribution in [1.82, 2.24) is 29.9 Å². The smallest absolute Gasteiger partial charge is 0.411 e. The van der Waals surface area contributed by atoms with Crippen LogP contribution in [-0.4, -0.2) is 84.5 Å². The number of benzene rings is 4. The summed E-state index contributed by atoms with van der Waals surface area (Å²) in [6, 6.07) is 28.0. The average molecular weight is 1350 g/mol. The number of alkyl halides is 12. The van der Waals surface area contributed by atoms with Crippen molar-refractivity contribution in [2.75, 3.05) is 41.8 Å². The fourth-order valence-electron chi connectivity index (χ4n) is 9.34. The lowest BCUT2D eigenvalue weighted by Gasteiger charge is -2.33. The number of hydrogen-bond donors (Lipinski definition) is 2. The Balaban J connectivity index is 0.886. The van der Waals surface area contributed by atoms with Crippen LogP contribution in [0.15, 0.2) is 132 Å². The van der Waals surface area contributed by atoms with Crippen LogP contribution in [0.3, 0.4) is 0 Å². The Morgan fingerprint density at radius 3 is 1.49 bits per heavy atom. The minimum Gasteiger partial charge on any atom is -0.871 e. The highest BCUT2D eigenvalue weighted by atomic mass is 35.6. The van der Waals surface area contributed by atoms with Crippen molar-refractivity contribution in [3.05, 3.63) is 166 Å². The van der Waals surface area contributed by atoms with E-state index in [1.54, 1.807) is 60.7 Å². The molecule has 0 saturated heterocycles. The number of nitrogens with one attached hydrogen (secondary N) is 2. The van der Waals surface area contributed by atoms with Gasteiger partial charge < -0.3 is 19.5 Å². The highest BCUT2D eigenvalue weighted by Crippen LogP contribution is 2.50. The Kier molecular flexibility index (Phi) is 17.7. The Morgan fingerprint density at radius 1 is 0.585 bits per heavy atom. The zero-order valence-electron chi connectivity index (χ0n) is 42.8. The summed E-state index contributed by atoms with van der Waals surface area (Å²) in [6.45, 7) is 8.13. The molecular weight excluding hydrogens is 1310 g/mol. The number of Topliss-reactive ketones (excluding diaryl/α,β-unsaturated/α-hetero) is 1. The number of anilines is 3. The number of aromatic nitrogens is 6. The highest BCUT2D eigenvalue weighted by Gasteiger charge is 2.47. The molecule has 6 aromatic rings. The quantitative estimate of drug-likeness (QED) is 0.0667. The first-order valence-corrected chi connectivity index (χ1v) is 28.8. The molecular formula is C54H40Cl12N10O6. The molecule has 4 aromatic carbocycles. The number of ketones is 1. The molecule has 0 bridgehead atoms. The van der Waals surface area contributed by atoms with Gasteiger partial charge in [-0.15, -0.1) is 0 Å². The van der Waals surface area contributed by atoms with Gasteiger partial charge >= 0.3 is 12.2 Å². The van der Waals surface area contributed by atoms with E-state index in [1.165, 1.54) is 0 Å². The van der Waals surface area contributed by atoms with Crippen LogP contribution in [0.4, 0.5) is 32.3 Å². The van der Waals surface area contributed by atoms with E-state index in [4.69, 9.17) is 149 Å². The molecule has 1 aliphatic carbocycles. The largest absolute Gasteiger partial charge is 0.871 e. The number of hydrogen-bond acceptors (Lipinski definition) is 13. The molecule has 2 amide bonds. The van der Waals surface area contributed by atoms with Gasteiger partial charge in [-0.2, -0.15) is 4.58 Å². The molecule has 16 nitrogen and oxygen atoms in total. The molecule has 4 heterocycles. The SMILES string of the molecule is CC1(C)C(=CC2=C([O-])C(=CC3=[N+](CCOC(=O)Nc4ccc(-c5nc(C(Cl)(Cl)Cl)nc(C(Cl)(Cl)Cl)n5)cc4)c4ccccc4C3(C)C)C2=O)N(CCOC(=O)Nc2ccc(-c3nc(C(Cl)(Cl)Cl)nc(C(Cl)(Cl)Cl)n3)cc2)c2ccccc21. The van der Waals surface area contributed by atoms with Crippen LogP contribution >= 0.6 is 139 Å². The number of nitrogens with zero attached hydrogens (tertiary/aromatic N) is 8. The maximum atomic E-state index is 14.2. The number of allylic oxidation sites excluding steroid dienone is 5. The number of carbonyl (C=O) groups excluding carboxylic acids is 3. The lowest BCUT2D eigenvalue weighted by Crippen LogP contribution is -2.35. The van der Waals surface area contributed by atoms with E-state index in [0.717, 1.165) is 22.5 Å². The second-order valence-electron chi connectivity index (χ2n) is 19.4. The van der Waals surface area contributed by atoms with Gasteiger partial charge in [0.1, 0.15) is 6.61 Å². The van der Waals surface area contributed by atoms with E-state index in [9.17, 15) is 19.5 Å². The first kappa shape index (κ1) is 61.6. The van der Waals surface area contributed by atoms with Crippen LogP contribution in [0.5, 0.6) is 0 Å². The fraction of sp³-hybridized carbons (Fsp3) is 0.259. The lowest BCUT2D eigenvalue weighted by molar-refractivity contribution is -0.440. The van der Waals surface area contributed by atoms with Crippen molar-refractivity contribution in [2.24, 2.45) is 0 Å². The van der Waals surface area contributed by atoms with Crippen molar-refractivity contribution in [3.8, 4) is 22.8 Å². The third-order valence-electron chi connectivity index (χ3n) is 13.3. The van der Waals surface area contributed by atoms with Crippen molar-refractivity contribution in [1.29, 1.82) is 0 Å². The van der Waals surface area contributed by atoms with Crippen LogP contribution < -0.4 is 20.6 Å². The summed E-state index contributed by atoms with van der Waals surface area (Å²) in [4.78, 5) is 67.3. The predicted molar refractivity (Wildman–Crippen MR) is 322 cm³/mol. The van der Waals surface area contributed by atoms with E-state index in [2.05, 4.69) is 40.5 Å². The van der Waals surface area contributed by atoms with E-state index in [0.29, 0.717) is 33.9 Å². The van der Waals surface area contributed by atoms with Crippen LogP contribution in [0.2, 0.25) is 0 Å². The molecule has 0 radical (unpaired) electrons. The Hall–Kier alpha value is -4.92. The standard InChI is InChI=1S/C54H40Cl12N10O6/c1-49(2)33-9-5-7-11-35(33)75(21-23-81-47(79)67-29-17-13-27(14-18-29)41-69-43(51(55,56)57)73-44(70-41)52(58,59)60)37(49)25-31-39(77)32(40(31)78)26-38-50(3,4)34-10-6-8-12-36(34)76(38)22-24-82-48(80)68-30-19-15-28(16-20-30)42-71-45(53(61,62)63)74-46(72-42)54(64,65)66/h5-20,25-26H,21-24H2,1-4H3,(H2-,67,68,69,70,71,72,73,74,77,78,79,80). The third-order valence-corrected chi connectivity index (χ3v) is 15.3. The second kappa shape index (κ2) is 23.5. The van der Waals surface area contributed by atoms with Gasteiger partial charge in [0, 0.05) is 68.2 Å². The van der Waals surface area contributed by atoms with Crippen LogP contribution in [-0.2, 0) is 40.3 Å². The lowest BCUT2D eigenvalue weighted by atomic mass is 9.77. The normalized spacial score (nSPS) is 16.8. The van der Waals surface area contributed by atoms with E-state index < -0.39 is 49.7 Å². The number of fused-ring (bicyclic) bond motifs is 2. The molecule has 2 aliphatic heterocycles. The van der Waals surface area contributed by atoms with Gasteiger partial charge in [0.15, 0.2) is 59.6 Å². The van der Waals surface area contributed by atoms with Crippen molar-refractivity contribution >= 4 is 186 Å². The number of rotatable bonds is 12. The Labute approximate surface area is 529 Å². The number of carbonyl (C=O) groups is 3. The molecule has 28 heteroatoms. The van der Waals surface area contributed by atoms with Crippen LogP contribution in [0.1, 0.15) is 62.1 Å². The average Bonchev–Trinajstić information content (AvgIpc) is 3.33. The Bertz CT molecular complexity index is 3620. The van der Waals surface area contributed by atoms with Crippen molar-refractivity contribution < 1.29 is 33.5 Å². The van der Waals surface area contributed by atoms with Gasteiger partial charge in [-0.25, -0.2) is 39.5 Å². The monoisotopic (exact) mass is 1340 g/mol. The van der Waals surface area contributed by atoms with Gasteiger partial charge in [-0.1, -0.05) is 195 Å². The molecule has 9 rings (SSSR count). The van der Waals surface area contributed by atoms with E-state index in [-0.39, 0.29) is 72.4 Å². The molecule has 426 valence electrons. The van der Waals surface area contributed by atoms with Gasteiger partial charge in [-0.05, 0) is 80.1 Å². The van der Waals surface area contributed by atoms with Crippen molar-refractivity contribution in [3.63, 3.8) is 0 Å². The molecule has 2 N–H and O–H groups in total. The molecule has 0 spiro atoms.